The van der Waals surface area contributed by atoms with Crippen LogP contribution in [0.15, 0.2) is 53.4 Å². The predicted octanol–water partition coefficient (Wildman–Crippen LogP) is 2.45. The molecule has 3 N–H and O–H groups in total. The maximum atomic E-state index is 12.9. The number of ketones is 1. The molecule has 4 amide bonds. The smallest absolute Gasteiger partial charge is 0.344 e. The van der Waals surface area contributed by atoms with Crippen molar-refractivity contribution in [2.75, 3.05) is 13.1 Å². The van der Waals surface area contributed by atoms with Gasteiger partial charge in [0.05, 0.1) is 17.5 Å². The van der Waals surface area contributed by atoms with Gasteiger partial charge in [0, 0.05) is 22.7 Å². The summed E-state index contributed by atoms with van der Waals surface area (Å²) in [5, 5.41) is 4.88. The number of Topliss-reactive ketones (excluding diaryl/α,β-unsaturated/α-hetero) is 1. The minimum Gasteiger partial charge on any atom is -0.344 e. The van der Waals surface area contributed by atoms with Crippen molar-refractivity contribution in [1.82, 2.24) is 20.3 Å². The van der Waals surface area contributed by atoms with Crippen LogP contribution in [0.25, 0.3) is 0 Å². The molecule has 2 aromatic rings. The van der Waals surface area contributed by atoms with Gasteiger partial charge in [-0.2, -0.15) is 13.2 Å². The Kier molecular flexibility index (Phi) is 10.6. The van der Waals surface area contributed by atoms with Crippen molar-refractivity contribution in [2.24, 2.45) is 5.92 Å². The number of nitrogens with zero attached hydrogens (tertiary/aromatic N) is 1. The Labute approximate surface area is 250 Å². The van der Waals surface area contributed by atoms with E-state index in [2.05, 4.69) is 5.32 Å². The number of piperidine rings is 1. The summed E-state index contributed by atoms with van der Waals surface area (Å²) in [6, 6.07) is 7.23. The zero-order chi connectivity index (χ0) is 32.1. The Balaban J connectivity index is 1.59. The van der Waals surface area contributed by atoms with Crippen LogP contribution < -0.4 is 15.4 Å². The molecule has 1 unspecified atom stereocenters. The van der Waals surface area contributed by atoms with E-state index in [0.717, 1.165) is 4.90 Å². The molecule has 1 saturated heterocycles. The summed E-state index contributed by atoms with van der Waals surface area (Å²) < 4.78 is 65.5. The van der Waals surface area contributed by atoms with Crippen molar-refractivity contribution in [3.05, 3.63) is 64.7 Å². The number of carbonyl (C=O) groups is 5. The Morgan fingerprint density at radius 1 is 0.977 bits per heavy atom. The van der Waals surface area contributed by atoms with E-state index in [9.17, 15) is 45.6 Å². The second-order valence-electron chi connectivity index (χ2n) is 10.0. The van der Waals surface area contributed by atoms with Crippen molar-refractivity contribution in [3.8, 4) is 0 Å². The summed E-state index contributed by atoms with van der Waals surface area (Å²) >= 11 is 5.75. The summed E-state index contributed by atoms with van der Waals surface area (Å²) in [6.45, 7) is 2.19. The first kappa shape index (κ1) is 33.5. The second kappa shape index (κ2) is 13.5. The molecule has 3 rings (SSSR count). The molecule has 2 aromatic carbocycles. The minimum atomic E-state index is -5.14. The number of hydrogen-bond acceptors (Lipinski definition) is 7. The van der Waals surface area contributed by atoms with E-state index >= 15 is 0 Å². The van der Waals surface area contributed by atoms with Crippen molar-refractivity contribution in [1.29, 1.82) is 0 Å². The van der Waals surface area contributed by atoms with Gasteiger partial charge in [0.1, 0.15) is 6.04 Å². The maximum Gasteiger partial charge on any atom is 0.452 e. The predicted molar refractivity (Wildman–Crippen MR) is 147 cm³/mol. The molecule has 0 radical (unpaired) electrons. The van der Waals surface area contributed by atoms with Crippen LogP contribution >= 0.6 is 11.6 Å². The molecular formula is C27H28ClF3N4O7S. The number of hydrogen-bond donors (Lipinski definition) is 3. The first-order chi connectivity index (χ1) is 20.0. The van der Waals surface area contributed by atoms with Gasteiger partial charge in [0.2, 0.25) is 11.8 Å². The van der Waals surface area contributed by atoms with Crippen LogP contribution in [0.4, 0.5) is 13.2 Å². The molecule has 2 atom stereocenters. The average molecular weight is 645 g/mol. The lowest BCUT2D eigenvalue weighted by molar-refractivity contribution is -0.175. The van der Waals surface area contributed by atoms with E-state index in [1.54, 1.807) is 0 Å². The lowest BCUT2D eigenvalue weighted by Crippen LogP contribution is -2.56. The summed E-state index contributed by atoms with van der Waals surface area (Å²) in [6.07, 6.45) is -4.54. The summed E-state index contributed by atoms with van der Waals surface area (Å²) in [7, 11) is -4.19. The molecule has 1 fully saturated rings. The monoisotopic (exact) mass is 644 g/mol. The number of sulfonamides is 1. The topological polar surface area (TPSA) is 159 Å². The lowest BCUT2D eigenvalue weighted by atomic mass is 9.99. The Morgan fingerprint density at radius 2 is 1.53 bits per heavy atom. The zero-order valence-corrected chi connectivity index (χ0v) is 24.5. The molecule has 43 heavy (non-hydrogen) atoms. The largest absolute Gasteiger partial charge is 0.452 e. The maximum absolute atomic E-state index is 12.9. The van der Waals surface area contributed by atoms with Crippen LogP contribution in [0.5, 0.6) is 0 Å². The second-order valence-corrected chi connectivity index (χ2v) is 12.2. The van der Waals surface area contributed by atoms with Gasteiger partial charge in [-0.05, 0) is 67.3 Å². The van der Waals surface area contributed by atoms with Crippen LogP contribution in [-0.4, -0.2) is 74.1 Å². The highest BCUT2D eigenvalue weighted by Gasteiger charge is 2.45. The van der Waals surface area contributed by atoms with Crippen molar-refractivity contribution < 1.29 is 45.6 Å². The molecule has 1 heterocycles. The summed E-state index contributed by atoms with van der Waals surface area (Å²) in [5.41, 5.74) is -0.0195. The van der Waals surface area contributed by atoms with Crippen molar-refractivity contribution >= 4 is 51.0 Å². The quantitative estimate of drug-likeness (QED) is 0.358. The van der Waals surface area contributed by atoms with Gasteiger partial charge in [-0.3, -0.25) is 24.0 Å². The average Bonchev–Trinajstić information content (AvgIpc) is 2.93. The van der Waals surface area contributed by atoms with Gasteiger partial charge in [0.15, 0.2) is 0 Å². The number of halogens is 4. The van der Waals surface area contributed by atoms with Gasteiger partial charge in [-0.1, -0.05) is 25.4 Å². The van der Waals surface area contributed by atoms with Crippen LogP contribution in [0, 0.1) is 5.92 Å². The third-order valence-corrected chi connectivity index (χ3v) is 8.07. The number of carbonyl (C=O) groups excluding carboxylic acids is 5. The first-order valence-corrected chi connectivity index (χ1v) is 14.8. The number of likely N-dealkylation sites (tertiary alicyclic amines) is 1. The normalized spacial score (nSPS) is 16.4. The fraction of sp³-hybridized carbons (Fsp3) is 0.370. The summed E-state index contributed by atoms with van der Waals surface area (Å²) in [5.74, 6) is -6.19. The molecule has 0 saturated carbocycles. The minimum absolute atomic E-state index is 0.0465. The highest BCUT2D eigenvalue weighted by atomic mass is 35.5. The third kappa shape index (κ3) is 8.76. The lowest BCUT2D eigenvalue weighted by Gasteiger charge is -2.33. The molecule has 0 aliphatic carbocycles. The summed E-state index contributed by atoms with van der Waals surface area (Å²) in [4.78, 5) is 63.2. The SMILES string of the molecule is CC(C)C(NC(=O)CN1CCC[C@H](NC(=O)c2ccc(C(=O)NS(=O)(=O)c3ccc(Cl)cc3)cc2)C1=O)C(=O)C(F)(F)F. The van der Waals surface area contributed by atoms with E-state index in [0.29, 0.717) is 11.4 Å². The Bertz CT molecular complexity index is 1500. The van der Waals surface area contributed by atoms with E-state index in [4.69, 9.17) is 11.6 Å². The Hall–Kier alpha value is -3.98. The van der Waals surface area contributed by atoms with Crippen LogP contribution in [-0.2, 0) is 24.4 Å². The first-order valence-electron chi connectivity index (χ1n) is 12.9. The standard InChI is InChI=1S/C27H28ClF3N4O7S/c1-15(2)22(23(37)27(29,30)31)33-21(36)14-35-13-3-4-20(26(35)40)32-24(38)16-5-7-17(8-6-16)25(39)34-43(41,42)19-11-9-18(28)10-12-19/h5-12,15,20,22H,3-4,13-14H2,1-2H3,(H,32,38)(H,33,36)(H,34,39)/t20-,22?/m0/s1. The fourth-order valence-corrected chi connectivity index (χ4v) is 5.30. The van der Waals surface area contributed by atoms with Gasteiger partial charge >= 0.3 is 6.18 Å². The van der Waals surface area contributed by atoms with E-state index < -0.39 is 70.2 Å². The molecule has 0 spiro atoms. The van der Waals surface area contributed by atoms with E-state index in [1.165, 1.54) is 62.4 Å². The van der Waals surface area contributed by atoms with Crippen molar-refractivity contribution in [3.63, 3.8) is 0 Å². The molecule has 1 aliphatic heterocycles. The highest BCUT2D eigenvalue weighted by molar-refractivity contribution is 7.90. The molecular weight excluding hydrogens is 617 g/mol. The molecule has 232 valence electrons. The van der Waals surface area contributed by atoms with Gasteiger partial charge in [0.25, 0.3) is 27.6 Å². The molecule has 16 heteroatoms. The van der Waals surface area contributed by atoms with Crippen molar-refractivity contribution in [2.45, 2.75) is 49.8 Å². The van der Waals surface area contributed by atoms with E-state index in [1.807, 2.05) is 10.0 Å². The van der Waals surface area contributed by atoms with Gasteiger partial charge in [-0.25, -0.2) is 13.1 Å². The van der Waals surface area contributed by atoms with Crippen LogP contribution in [0.1, 0.15) is 47.4 Å². The number of alkyl halides is 3. The third-order valence-electron chi connectivity index (χ3n) is 6.48. The number of nitrogens with one attached hydrogen (secondary N) is 3. The molecule has 1 aliphatic rings. The van der Waals surface area contributed by atoms with Crippen LogP contribution in [0.2, 0.25) is 5.02 Å². The number of benzene rings is 2. The molecule has 0 bridgehead atoms. The fourth-order valence-electron chi connectivity index (χ4n) is 4.20. The highest BCUT2D eigenvalue weighted by Crippen LogP contribution is 2.21. The zero-order valence-electron chi connectivity index (χ0n) is 22.9. The number of rotatable bonds is 10. The van der Waals surface area contributed by atoms with Gasteiger partial charge < -0.3 is 15.5 Å². The molecule has 0 aromatic heterocycles. The van der Waals surface area contributed by atoms with E-state index in [-0.39, 0.29) is 29.0 Å². The Morgan fingerprint density at radius 3 is 2.07 bits per heavy atom. The van der Waals surface area contributed by atoms with Gasteiger partial charge in [-0.15, -0.1) is 0 Å². The number of amides is 4. The molecule has 11 nitrogen and oxygen atoms in total. The van der Waals surface area contributed by atoms with Crippen LogP contribution in [0.3, 0.4) is 0 Å².